The fourth-order valence-corrected chi connectivity index (χ4v) is 6.81. The summed E-state index contributed by atoms with van der Waals surface area (Å²) < 4.78 is 1.94. The maximum absolute atomic E-state index is 13.9. The number of pyridine rings is 1. The van der Waals surface area contributed by atoms with E-state index in [-0.39, 0.29) is 29.7 Å². The first-order chi connectivity index (χ1) is 17.8. The van der Waals surface area contributed by atoms with Crippen molar-refractivity contribution in [2.75, 3.05) is 6.54 Å². The van der Waals surface area contributed by atoms with E-state index in [1.54, 1.807) is 4.90 Å². The number of aromatic nitrogens is 2. The van der Waals surface area contributed by atoms with Crippen LogP contribution in [0.4, 0.5) is 0 Å². The van der Waals surface area contributed by atoms with Crippen molar-refractivity contribution < 1.29 is 14.4 Å². The second kappa shape index (κ2) is 8.71. The normalized spacial score (nSPS) is 23.6. The number of nitrogens with one attached hydrogen (secondary N) is 1. The summed E-state index contributed by atoms with van der Waals surface area (Å²) in [5.74, 6) is -0.333. The Labute approximate surface area is 216 Å². The van der Waals surface area contributed by atoms with E-state index in [1.807, 2.05) is 78.7 Å². The molecular formula is C29H33N5O3. The summed E-state index contributed by atoms with van der Waals surface area (Å²) in [7, 11) is 0. The monoisotopic (exact) mass is 499 g/mol. The van der Waals surface area contributed by atoms with E-state index in [0.29, 0.717) is 30.8 Å². The van der Waals surface area contributed by atoms with Crippen LogP contribution < -0.4 is 5.32 Å². The third-order valence-corrected chi connectivity index (χ3v) is 8.60. The summed E-state index contributed by atoms with van der Waals surface area (Å²) in [4.78, 5) is 49.0. The summed E-state index contributed by atoms with van der Waals surface area (Å²) in [6.45, 7) is 6.92. The number of amides is 3. The van der Waals surface area contributed by atoms with E-state index < -0.39 is 11.6 Å². The summed E-state index contributed by atoms with van der Waals surface area (Å²) in [5.41, 5.74) is 3.22. The zero-order valence-corrected chi connectivity index (χ0v) is 21.6. The van der Waals surface area contributed by atoms with Crippen LogP contribution in [0.25, 0.3) is 5.65 Å². The Morgan fingerprint density at radius 1 is 1.11 bits per heavy atom. The maximum atomic E-state index is 13.9. The molecule has 0 unspecified atom stereocenters. The Bertz CT molecular complexity index is 1410. The standard InChI is InChI=1S/C29H33N5O3/c1-18(2)25(34-17-20-9-4-5-10-21(20)27(34)36)26(35)31-29-13-8-11-22(29)33(16-14-29)28(37)24-19(3)32-15-7-6-12-23(32)30-24/h4-7,9-10,12,15,18,22,25H,8,11,13-14,16-17H2,1-3H3,(H,31,35)/t22-,25-,29+/m0/s1. The minimum atomic E-state index is -0.569. The summed E-state index contributed by atoms with van der Waals surface area (Å²) >= 11 is 0. The quantitative estimate of drug-likeness (QED) is 0.581. The number of imidazole rings is 1. The third kappa shape index (κ3) is 3.64. The molecule has 1 saturated heterocycles. The molecule has 3 aromatic rings. The number of likely N-dealkylation sites (tertiary alicyclic amines) is 1. The molecule has 4 heterocycles. The van der Waals surface area contributed by atoms with Crippen molar-refractivity contribution in [3.8, 4) is 0 Å². The molecule has 1 N–H and O–H groups in total. The van der Waals surface area contributed by atoms with Gasteiger partial charge in [-0.2, -0.15) is 0 Å². The predicted molar refractivity (Wildman–Crippen MR) is 139 cm³/mol. The Kier molecular flexibility index (Phi) is 5.58. The molecule has 8 nitrogen and oxygen atoms in total. The number of rotatable bonds is 5. The SMILES string of the molecule is Cc1c(C(=O)N2CC[C@]3(NC(=O)[C@H](C(C)C)N4Cc5ccccc5C4=O)CCC[C@H]23)nc2ccccn12. The fourth-order valence-electron chi connectivity index (χ4n) is 6.81. The number of fused-ring (bicyclic) bond motifs is 3. The molecule has 3 amide bonds. The van der Waals surface area contributed by atoms with Crippen molar-refractivity contribution in [1.82, 2.24) is 24.5 Å². The minimum Gasteiger partial charge on any atom is -0.347 e. The van der Waals surface area contributed by atoms with Crippen LogP contribution in [0.2, 0.25) is 0 Å². The smallest absolute Gasteiger partial charge is 0.274 e. The number of carbonyl (C=O) groups is 3. The first-order valence-corrected chi connectivity index (χ1v) is 13.3. The molecule has 8 heteroatoms. The highest BCUT2D eigenvalue weighted by atomic mass is 16.2. The van der Waals surface area contributed by atoms with E-state index >= 15 is 0 Å². The van der Waals surface area contributed by atoms with Crippen molar-refractivity contribution in [2.24, 2.45) is 5.92 Å². The molecule has 6 rings (SSSR count). The van der Waals surface area contributed by atoms with Gasteiger partial charge in [-0.05, 0) is 62.3 Å². The molecule has 2 aliphatic heterocycles. The van der Waals surface area contributed by atoms with Crippen molar-refractivity contribution >= 4 is 23.4 Å². The Balaban J connectivity index is 1.24. The number of aryl methyl sites for hydroxylation is 1. The molecule has 3 aliphatic rings. The number of hydrogen-bond acceptors (Lipinski definition) is 4. The molecule has 0 bridgehead atoms. The molecule has 0 radical (unpaired) electrons. The van der Waals surface area contributed by atoms with Crippen LogP contribution in [0.5, 0.6) is 0 Å². The van der Waals surface area contributed by atoms with Crippen LogP contribution in [-0.4, -0.2) is 61.1 Å². The molecule has 1 aromatic carbocycles. The average Bonchev–Trinajstić information content (AvgIpc) is 3.61. The van der Waals surface area contributed by atoms with Gasteiger partial charge in [0.25, 0.3) is 11.8 Å². The Hall–Kier alpha value is -3.68. The second-order valence-corrected chi connectivity index (χ2v) is 11.1. The highest BCUT2D eigenvalue weighted by Crippen LogP contribution is 2.43. The Morgan fingerprint density at radius 2 is 1.89 bits per heavy atom. The molecule has 37 heavy (non-hydrogen) atoms. The van der Waals surface area contributed by atoms with Gasteiger partial charge in [0, 0.05) is 24.8 Å². The number of carbonyl (C=O) groups excluding carboxylic acids is 3. The van der Waals surface area contributed by atoms with Gasteiger partial charge < -0.3 is 19.5 Å². The van der Waals surface area contributed by atoms with Gasteiger partial charge in [0.05, 0.1) is 17.3 Å². The van der Waals surface area contributed by atoms with Crippen LogP contribution in [0.15, 0.2) is 48.7 Å². The average molecular weight is 500 g/mol. The zero-order valence-electron chi connectivity index (χ0n) is 21.6. The van der Waals surface area contributed by atoms with Crippen LogP contribution in [-0.2, 0) is 11.3 Å². The van der Waals surface area contributed by atoms with Crippen LogP contribution in [0.1, 0.15) is 71.6 Å². The largest absolute Gasteiger partial charge is 0.347 e. The van der Waals surface area contributed by atoms with Gasteiger partial charge in [-0.25, -0.2) is 4.98 Å². The third-order valence-electron chi connectivity index (χ3n) is 8.60. The van der Waals surface area contributed by atoms with Crippen LogP contribution in [0.3, 0.4) is 0 Å². The molecule has 1 aliphatic carbocycles. The van der Waals surface area contributed by atoms with Gasteiger partial charge >= 0.3 is 0 Å². The zero-order chi connectivity index (χ0) is 25.9. The molecule has 1 saturated carbocycles. The van der Waals surface area contributed by atoms with E-state index in [1.165, 1.54) is 0 Å². The lowest BCUT2D eigenvalue weighted by molar-refractivity contribution is -0.129. The molecule has 2 fully saturated rings. The van der Waals surface area contributed by atoms with Crippen molar-refractivity contribution in [3.63, 3.8) is 0 Å². The van der Waals surface area contributed by atoms with Gasteiger partial charge in [-0.15, -0.1) is 0 Å². The lowest BCUT2D eigenvalue weighted by atomic mass is 9.91. The second-order valence-electron chi connectivity index (χ2n) is 11.1. The van der Waals surface area contributed by atoms with Gasteiger partial charge in [0.2, 0.25) is 5.91 Å². The summed E-state index contributed by atoms with van der Waals surface area (Å²) in [6.07, 6.45) is 5.25. The maximum Gasteiger partial charge on any atom is 0.274 e. The molecule has 2 aromatic heterocycles. The highest BCUT2D eigenvalue weighted by Gasteiger charge is 2.54. The number of hydrogen-bond donors (Lipinski definition) is 1. The van der Waals surface area contributed by atoms with Gasteiger partial charge in [-0.1, -0.05) is 38.1 Å². The highest BCUT2D eigenvalue weighted by molar-refractivity contribution is 6.01. The number of nitrogens with zero attached hydrogens (tertiary/aromatic N) is 4. The van der Waals surface area contributed by atoms with Crippen LogP contribution >= 0.6 is 0 Å². The number of benzene rings is 1. The van der Waals surface area contributed by atoms with Crippen molar-refractivity contribution in [1.29, 1.82) is 0 Å². The lowest BCUT2D eigenvalue weighted by Gasteiger charge is -2.37. The van der Waals surface area contributed by atoms with Gasteiger partial charge in [0.1, 0.15) is 17.4 Å². The van der Waals surface area contributed by atoms with E-state index in [9.17, 15) is 14.4 Å². The minimum absolute atomic E-state index is 0.0470. The van der Waals surface area contributed by atoms with E-state index in [4.69, 9.17) is 0 Å². The van der Waals surface area contributed by atoms with Gasteiger partial charge in [0.15, 0.2) is 0 Å². The van der Waals surface area contributed by atoms with E-state index in [0.717, 1.165) is 36.2 Å². The van der Waals surface area contributed by atoms with Crippen molar-refractivity contribution in [3.05, 3.63) is 71.2 Å². The van der Waals surface area contributed by atoms with Crippen molar-refractivity contribution in [2.45, 2.75) is 70.6 Å². The molecule has 0 spiro atoms. The fraction of sp³-hybridized carbons (Fsp3) is 0.448. The summed E-state index contributed by atoms with van der Waals surface area (Å²) in [6, 6.07) is 12.7. The first kappa shape index (κ1) is 23.7. The predicted octanol–water partition coefficient (Wildman–Crippen LogP) is 3.58. The topological polar surface area (TPSA) is 87.0 Å². The van der Waals surface area contributed by atoms with Gasteiger partial charge in [-0.3, -0.25) is 14.4 Å². The first-order valence-electron chi connectivity index (χ1n) is 13.3. The summed E-state index contributed by atoms with van der Waals surface area (Å²) in [5, 5.41) is 3.39. The molecule has 192 valence electrons. The van der Waals surface area contributed by atoms with E-state index in [2.05, 4.69) is 10.3 Å². The molecular weight excluding hydrogens is 466 g/mol. The Morgan fingerprint density at radius 3 is 2.65 bits per heavy atom. The molecule has 3 atom stereocenters. The van der Waals surface area contributed by atoms with Crippen LogP contribution in [0, 0.1) is 12.8 Å². The lowest BCUT2D eigenvalue weighted by Crippen LogP contribution is -2.60.